The van der Waals surface area contributed by atoms with Crippen LogP contribution in [0, 0.1) is 5.92 Å². The van der Waals surface area contributed by atoms with Crippen molar-refractivity contribution in [3.05, 3.63) is 30.1 Å². The first-order valence-corrected chi connectivity index (χ1v) is 12.6. The molecule has 0 saturated carbocycles. The molecular formula is C25H39N5O2. The fourth-order valence-corrected chi connectivity index (χ4v) is 5.33. The van der Waals surface area contributed by atoms with Crippen LogP contribution in [-0.4, -0.2) is 83.4 Å². The molecule has 3 fully saturated rings. The number of likely N-dealkylation sites (tertiary alicyclic amines) is 3. The monoisotopic (exact) mass is 441 g/mol. The van der Waals surface area contributed by atoms with E-state index in [2.05, 4.69) is 32.2 Å². The minimum absolute atomic E-state index is 0.152. The lowest BCUT2D eigenvalue weighted by atomic mass is 9.93. The lowest BCUT2D eigenvalue weighted by molar-refractivity contribution is -0.138. The predicted molar refractivity (Wildman–Crippen MR) is 125 cm³/mol. The van der Waals surface area contributed by atoms with E-state index in [4.69, 9.17) is 0 Å². The van der Waals surface area contributed by atoms with Gasteiger partial charge in [-0.2, -0.15) is 0 Å². The van der Waals surface area contributed by atoms with Crippen molar-refractivity contribution in [1.29, 1.82) is 0 Å². The van der Waals surface area contributed by atoms with E-state index in [9.17, 15) is 9.59 Å². The Morgan fingerprint density at radius 2 is 1.56 bits per heavy atom. The molecule has 32 heavy (non-hydrogen) atoms. The van der Waals surface area contributed by atoms with Crippen molar-refractivity contribution >= 4 is 11.8 Å². The van der Waals surface area contributed by atoms with E-state index in [-0.39, 0.29) is 17.9 Å². The molecule has 2 amide bonds. The number of carbonyl (C=O) groups excluding carboxylic acids is 2. The predicted octanol–water partition coefficient (Wildman–Crippen LogP) is 2.28. The highest BCUT2D eigenvalue weighted by Crippen LogP contribution is 2.23. The molecule has 0 radical (unpaired) electrons. The molecule has 0 atom stereocenters. The molecule has 3 aliphatic rings. The third-order valence-corrected chi connectivity index (χ3v) is 7.37. The second-order valence-electron chi connectivity index (χ2n) is 9.73. The summed E-state index contributed by atoms with van der Waals surface area (Å²) < 4.78 is 0. The Hall–Kier alpha value is -1.99. The van der Waals surface area contributed by atoms with Crippen LogP contribution in [0.25, 0.3) is 0 Å². The van der Waals surface area contributed by atoms with Crippen LogP contribution >= 0.6 is 0 Å². The van der Waals surface area contributed by atoms with Gasteiger partial charge < -0.3 is 15.1 Å². The van der Waals surface area contributed by atoms with Gasteiger partial charge in [0.2, 0.25) is 11.8 Å². The molecule has 0 aliphatic carbocycles. The zero-order valence-electron chi connectivity index (χ0n) is 19.4. The van der Waals surface area contributed by atoms with Gasteiger partial charge in [-0.3, -0.25) is 19.5 Å². The fraction of sp³-hybridized carbons (Fsp3) is 0.720. The minimum Gasteiger partial charge on any atom is -0.353 e. The van der Waals surface area contributed by atoms with Gasteiger partial charge in [-0.15, -0.1) is 0 Å². The highest BCUT2D eigenvalue weighted by Gasteiger charge is 2.31. The molecule has 0 spiro atoms. The number of hydrogen-bond donors (Lipinski definition) is 1. The van der Waals surface area contributed by atoms with E-state index in [0.717, 1.165) is 78.0 Å². The van der Waals surface area contributed by atoms with Gasteiger partial charge >= 0.3 is 0 Å². The third kappa shape index (κ3) is 6.75. The van der Waals surface area contributed by atoms with Gasteiger partial charge in [0, 0.05) is 57.0 Å². The summed E-state index contributed by atoms with van der Waals surface area (Å²) in [7, 11) is 0. The summed E-state index contributed by atoms with van der Waals surface area (Å²) in [5.74, 6) is 0.643. The lowest BCUT2D eigenvalue weighted by Gasteiger charge is -2.37. The summed E-state index contributed by atoms with van der Waals surface area (Å²) in [6, 6.07) is 4.34. The summed E-state index contributed by atoms with van der Waals surface area (Å²) in [5, 5.41) is 3.21. The second-order valence-corrected chi connectivity index (χ2v) is 9.73. The number of nitrogens with one attached hydrogen (secondary N) is 1. The lowest BCUT2D eigenvalue weighted by Crippen LogP contribution is -2.49. The second kappa shape index (κ2) is 11.8. The van der Waals surface area contributed by atoms with Crippen LogP contribution in [0.4, 0.5) is 0 Å². The number of hydrogen-bond acceptors (Lipinski definition) is 5. The summed E-state index contributed by atoms with van der Waals surface area (Å²) in [6.45, 7) is 7.58. The van der Waals surface area contributed by atoms with Crippen LogP contribution in [0.3, 0.4) is 0 Å². The Balaban J connectivity index is 1.12. The van der Waals surface area contributed by atoms with E-state index in [1.807, 2.05) is 17.3 Å². The highest BCUT2D eigenvalue weighted by atomic mass is 16.2. The molecule has 7 heteroatoms. The number of carbonyl (C=O) groups is 2. The number of aromatic nitrogens is 1. The summed E-state index contributed by atoms with van der Waals surface area (Å²) in [4.78, 5) is 36.4. The summed E-state index contributed by atoms with van der Waals surface area (Å²) in [5.41, 5.74) is 1.28. The van der Waals surface area contributed by atoms with E-state index >= 15 is 0 Å². The topological polar surface area (TPSA) is 68.8 Å². The first kappa shape index (κ1) is 23.2. The normalized spacial score (nSPS) is 22.1. The Kier molecular flexibility index (Phi) is 8.51. The number of amides is 2. The standard InChI is InChI=1S/C25H39N5O2/c31-24(10-17-28-13-2-1-3-14-28)27-23-8-18-30(19-9-23)25(32)22-6-15-29(16-7-22)20-21-4-11-26-12-5-21/h4-5,11-12,22-23H,1-3,6-10,13-20H2,(H,27,31). The summed E-state index contributed by atoms with van der Waals surface area (Å²) in [6.07, 6.45) is 11.8. The van der Waals surface area contributed by atoms with Crippen molar-refractivity contribution < 1.29 is 9.59 Å². The highest BCUT2D eigenvalue weighted by molar-refractivity contribution is 5.79. The van der Waals surface area contributed by atoms with E-state index in [0.29, 0.717) is 12.3 Å². The molecule has 1 aromatic heterocycles. The van der Waals surface area contributed by atoms with Gasteiger partial charge in [0.05, 0.1) is 0 Å². The number of nitrogens with zero attached hydrogens (tertiary/aromatic N) is 4. The van der Waals surface area contributed by atoms with Crippen LogP contribution < -0.4 is 5.32 Å². The van der Waals surface area contributed by atoms with E-state index in [1.165, 1.54) is 24.8 Å². The number of piperidine rings is 3. The van der Waals surface area contributed by atoms with E-state index in [1.54, 1.807) is 0 Å². The fourth-order valence-electron chi connectivity index (χ4n) is 5.33. The number of rotatable bonds is 7. The molecule has 1 aromatic rings. The minimum atomic E-state index is 0.152. The Bertz CT molecular complexity index is 721. The third-order valence-electron chi connectivity index (χ3n) is 7.37. The molecule has 4 heterocycles. The maximum atomic E-state index is 13.0. The maximum absolute atomic E-state index is 13.0. The Labute approximate surface area is 192 Å². The zero-order valence-corrected chi connectivity index (χ0v) is 19.4. The van der Waals surface area contributed by atoms with Gasteiger partial charge in [0.15, 0.2) is 0 Å². The molecule has 0 unspecified atom stereocenters. The molecule has 4 rings (SSSR count). The van der Waals surface area contributed by atoms with Gasteiger partial charge in [0.1, 0.15) is 0 Å². The molecule has 3 aliphatic heterocycles. The molecule has 0 bridgehead atoms. The van der Waals surface area contributed by atoms with Crippen LogP contribution in [-0.2, 0) is 16.1 Å². The molecule has 1 N–H and O–H groups in total. The van der Waals surface area contributed by atoms with Crippen molar-refractivity contribution in [1.82, 2.24) is 25.0 Å². The largest absolute Gasteiger partial charge is 0.353 e. The molecule has 0 aromatic carbocycles. The van der Waals surface area contributed by atoms with Crippen molar-refractivity contribution in [2.75, 3.05) is 45.8 Å². The quantitative estimate of drug-likeness (QED) is 0.703. The SMILES string of the molecule is O=C(CCN1CCCCC1)NC1CCN(C(=O)C2CCN(Cc3ccncc3)CC2)CC1. The first-order chi connectivity index (χ1) is 15.7. The zero-order chi connectivity index (χ0) is 22.2. The van der Waals surface area contributed by atoms with Crippen molar-refractivity contribution in [2.45, 2.75) is 64.0 Å². The average molecular weight is 442 g/mol. The van der Waals surface area contributed by atoms with Gasteiger partial charge in [-0.25, -0.2) is 0 Å². The Morgan fingerprint density at radius 3 is 2.25 bits per heavy atom. The van der Waals surface area contributed by atoms with Crippen LogP contribution in [0.5, 0.6) is 0 Å². The molecule has 176 valence electrons. The first-order valence-electron chi connectivity index (χ1n) is 12.6. The van der Waals surface area contributed by atoms with Crippen LogP contribution in [0.2, 0.25) is 0 Å². The van der Waals surface area contributed by atoms with Crippen LogP contribution in [0.1, 0.15) is 56.9 Å². The van der Waals surface area contributed by atoms with Crippen molar-refractivity contribution in [2.24, 2.45) is 5.92 Å². The van der Waals surface area contributed by atoms with Gasteiger partial charge in [-0.1, -0.05) is 6.42 Å². The molecular weight excluding hydrogens is 402 g/mol. The van der Waals surface area contributed by atoms with Crippen LogP contribution in [0.15, 0.2) is 24.5 Å². The Morgan fingerprint density at radius 1 is 0.875 bits per heavy atom. The maximum Gasteiger partial charge on any atom is 0.225 e. The van der Waals surface area contributed by atoms with Crippen molar-refractivity contribution in [3.63, 3.8) is 0 Å². The van der Waals surface area contributed by atoms with Crippen molar-refractivity contribution in [3.8, 4) is 0 Å². The average Bonchev–Trinajstić information content (AvgIpc) is 2.85. The van der Waals surface area contributed by atoms with E-state index < -0.39 is 0 Å². The summed E-state index contributed by atoms with van der Waals surface area (Å²) >= 11 is 0. The van der Waals surface area contributed by atoms with Gasteiger partial charge in [-0.05, 0) is 82.4 Å². The van der Waals surface area contributed by atoms with Gasteiger partial charge in [0.25, 0.3) is 0 Å². The molecule has 3 saturated heterocycles. The number of pyridine rings is 1. The molecule has 7 nitrogen and oxygen atoms in total. The smallest absolute Gasteiger partial charge is 0.225 e.